The van der Waals surface area contributed by atoms with Crippen molar-refractivity contribution in [3.05, 3.63) is 0 Å². The van der Waals surface area contributed by atoms with Gasteiger partial charge in [0.05, 0.1) is 0 Å². The van der Waals surface area contributed by atoms with E-state index >= 15 is 0 Å². The number of carbonyl (C=O) groups excluding carboxylic acids is 1. The Balaban J connectivity index is 2.01. The first-order valence-corrected chi connectivity index (χ1v) is 7.63. The van der Waals surface area contributed by atoms with Crippen molar-refractivity contribution in [3.8, 4) is 0 Å². The summed E-state index contributed by atoms with van der Waals surface area (Å²) in [4.78, 5) is 17.3. The zero-order valence-electron chi connectivity index (χ0n) is 12.9. The normalized spacial score (nSPS) is 30.4. The van der Waals surface area contributed by atoms with Crippen LogP contribution in [0, 0.1) is 11.3 Å². The van der Waals surface area contributed by atoms with Crippen molar-refractivity contribution in [2.24, 2.45) is 11.3 Å². The molecule has 19 heavy (non-hydrogen) atoms. The number of hydrogen-bond acceptors (Lipinski definition) is 3. The van der Waals surface area contributed by atoms with E-state index in [1.165, 1.54) is 12.8 Å². The van der Waals surface area contributed by atoms with Crippen LogP contribution in [0.1, 0.15) is 33.6 Å². The average Bonchev–Trinajstić information content (AvgIpc) is 2.42. The molecule has 0 aliphatic carbocycles. The lowest BCUT2D eigenvalue weighted by Crippen LogP contribution is -2.56. The Kier molecular flexibility index (Phi) is 4.51. The largest absolute Gasteiger partial charge is 0.339 e. The fraction of sp³-hybridized carbons (Fsp3) is 0.933. The van der Waals surface area contributed by atoms with Gasteiger partial charge < -0.3 is 15.1 Å². The quantitative estimate of drug-likeness (QED) is 0.816. The van der Waals surface area contributed by atoms with Gasteiger partial charge in [-0.25, -0.2) is 0 Å². The predicted octanol–water partition coefficient (Wildman–Crippen LogP) is 1.17. The second kappa shape index (κ2) is 5.80. The van der Waals surface area contributed by atoms with Crippen molar-refractivity contribution in [2.75, 3.05) is 39.8 Å². The molecule has 1 N–H and O–H groups in total. The lowest BCUT2D eigenvalue weighted by molar-refractivity contribution is -0.146. The molecule has 110 valence electrons. The number of nitrogens with one attached hydrogen (secondary N) is 1. The highest BCUT2D eigenvalue weighted by Crippen LogP contribution is 2.34. The number of carbonyl (C=O) groups is 1. The van der Waals surface area contributed by atoms with Gasteiger partial charge in [0.15, 0.2) is 0 Å². The van der Waals surface area contributed by atoms with E-state index in [1.807, 2.05) is 0 Å². The molecule has 2 unspecified atom stereocenters. The standard InChI is InChI=1S/C15H29N3O/c1-12-11-18(9-8-17(12)4)14(19)15(2,3)13-6-5-7-16-10-13/h12-13,16H,5-11H2,1-4H3. The summed E-state index contributed by atoms with van der Waals surface area (Å²) < 4.78 is 0. The van der Waals surface area contributed by atoms with Gasteiger partial charge in [0, 0.05) is 31.1 Å². The van der Waals surface area contributed by atoms with E-state index in [1.54, 1.807) is 0 Å². The summed E-state index contributed by atoms with van der Waals surface area (Å²) in [6.07, 6.45) is 2.37. The molecule has 1 amide bonds. The third-order valence-electron chi connectivity index (χ3n) is 5.12. The number of hydrogen-bond donors (Lipinski definition) is 1. The molecule has 0 spiro atoms. The van der Waals surface area contributed by atoms with Gasteiger partial charge in [0.1, 0.15) is 0 Å². The summed E-state index contributed by atoms with van der Waals surface area (Å²) in [7, 11) is 2.14. The highest BCUT2D eigenvalue weighted by Gasteiger charge is 2.40. The molecule has 2 atom stereocenters. The van der Waals surface area contributed by atoms with Crippen molar-refractivity contribution in [3.63, 3.8) is 0 Å². The first-order valence-electron chi connectivity index (χ1n) is 7.63. The Morgan fingerprint density at radius 2 is 2.05 bits per heavy atom. The third-order valence-corrected chi connectivity index (χ3v) is 5.12. The average molecular weight is 267 g/mol. The van der Waals surface area contributed by atoms with Crippen LogP contribution in [0.25, 0.3) is 0 Å². The number of likely N-dealkylation sites (N-methyl/N-ethyl adjacent to an activating group) is 1. The Morgan fingerprint density at radius 1 is 1.32 bits per heavy atom. The highest BCUT2D eigenvalue weighted by molar-refractivity contribution is 5.82. The van der Waals surface area contributed by atoms with Crippen LogP contribution in [0.2, 0.25) is 0 Å². The molecule has 2 aliphatic heterocycles. The fourth-order valence-electron chi connectivity index (χ4n) is 3.28. The van der Waals surface area contributed by atoms with Gasteiger partial charge in [-0.15, -0.1) is 0 Å². The van der Waals surface area contributed by atoms with E-state index in [0.29, 0.717) is 17.9 Å². The number of amides is 1. The van der Waals surface area contributed by atoms with Gasteiger partial charge in [-0.05, 0) is 45.8 Å². The van der Waals surface area contributed by atoms with Crippen molar-refractivity contribution < 1.29 is 4.79 Å². The second-order valence-corrected chi connectivity index (χ2v) is 6.85. The first-order chi connectivity index (χ1) is 8.93. The molecule has 0 aromatic carbocycles. The van der Waals surface area contributed by atoms with Gasteiger partial charge in [0.25, 0.3) is 0 Å². The molecule has 0 aromatic heterocycles. The van der Waals surface area contributed by atoms with Crippen LogP contribution < -0.4 is 5.32 Å². The third kappa shape index (κ3) is 3.11. The van der Waals surface area contributed by atoms with Crippen LogP contribution in [0.4, 0.5) is 0 Å². The van der Waals surface area contributed by atoms with Crippen LogP contribution >= 0.6 is 0 Å². The maximum atomic E-state index is 12.9. The van der Waals surface area contributed by atoms with Crippen molar-refractivity contribution in [1.82, 2.24) is 15.1 Å². The van der Waals surface area contributed by atoms with Crippen molar-refractivity contribution in [1.29, 1.82) is 0 Å². The summed E-state index contributed by atoms with van der Waals surface area (Å²) >= 11 is 0. The van der Waals surface area contributed by atoms with Crippen molar-refractivity contribution in [2.45, 2.75) is 39.7 Å². The summed E-state index contributed by atoms with van der Waals surface area (Å²) in [5.74, 6) is 0.824. The van der Waals surface area contributed by atoms with Crippen LogP contribution in [0.15, 0.2) is 0 Å². The Bertz CT molecular complexity index is 323. The van der Waals surface area contributed by atoms with Crippen LogP contribution in [-0.4, -0.2) is 61.5 Å². The first kappa shape index (κ1) is 14.8. The lowest BCUT2D eigenvalue weighted by Gasteiger charge is -2.44. The minimum Gasteiger partial charge on any atom is -0.339 e. The molecule has 4 heteroatoms. The van der Waals surface area contributed by atoms with E-state index in [2.05, 4.69) is 42.9 Å². The molecule has 0 radical (unpaired) electrons. The number of piperazine rings is 1. The topological polar surface area (TPSA) is 35.6 Å². The number of rotatable bonds is 2. The Morgan fingerprint density at radius 3 is 2.63 bits per heavy atom. The molecule has 4 nitrogen and oxygen atoms in total. The summed E-state index contributed by atoms with van der Waals surface area (Å²) in [5, 5.41) is 3.44. The molecule has 0 bridgehead atoms. The van der Waals surface area contributed by atoms with Crippen molar-refractivity contribution >= 4 is 5.91 Å². The molecule has 2 fully saturated rings. The molecule has 0 saturated carbocycles. The van der Waals surface area contributed by atoms with E-state index in [-0.39, 0.29) is 5.41 Å². The summed E-state index contributed by atoms with van der Waals surface area (Å²) in [6.45, 7) is 11.3. The van der Waals surface area contributed by atoms with Gasteiger partial charge in [0.2, 0.25) is 5.91 Å². The minimum absolute atomic E-state index is 0.233. The maximum Gasteiger partial charge on any atom is 0.228 e. The monoisotopic (exact) mass is 267 g/mol. The predicted molar refractivity (Wildman–Crippen MR) is 78.0 cm³/mol. The SMILES string of the molecule is CC1CN(C(=O)C(C)(C)C2CCCNC2)CCN1C. The summed E-state index contributed by atoms with van der Waals surface area (Å²) in [6, 6.07) is 0.470. The molecule has 2 saturated heterocycles. The van der Waals surface area contributed by atoms with E-state index in [4.69, 9.17) is 0 Å². The van der Waals surface area contributed by atoms with Crippen LogP contribution in [0.3, 0.4) is 0 Å². The zero-order chi connectivity index (χ0) is 14.0. The van der Waals surface area contributed by atoms with Gasteiger partial charge >= 0.3 is 0 Å². The molecular formula is C15H29N3O. The summed E-state index contributed by atoms with van der Waals surface area (Å²) in [5.41, 5.74) is -0.233. The minimum atomic E-state index is -0.233. The number of piperidine rings is 1. The lowest BCUT2D eigenvalue weighted by atomic mass is 9.74. The molecule has 2 aliphatic rings. The Labute approximate surface area is 117 Å². The van der Waals surface area contributed by atoms with E-state index in [0.717, 1.165) is 32.7 Å². The van der Waals surface area contributed by atoms with Gasteiger partial charge in [-0.1, -0.05) is 13.8 Å². The molecule has 0 aromatic rings. The highest BCUT2D eigenvalue weighted by atomic mass is 16.2. The zero-order valence-corrected chi connectivity index (χ0v) is 12.9. The second-order valence-electron chi connectivity index (χ2n) is 6.85. The van der Waals surface area contributed by atoms with E-state index < -0.39 is 0 Å². The van der Waals surface area contributed by atoms with Gasteiger partial charge in [-0.3, -0.25) is 4.79 Å². The van der Waals surface area contributed by atoms with Crippen LogP contribution in [0.5, 0.6) is 0 Å². The Hall–Kier alpha value is -0.610. The smallest absolute Gasteiger partial charge is 0.228 e. The molecule has 2 heterocycles. The fourth-order valence-corrected chi connectivity index (χ4v) is 3.28. The number of nitrogens with zero attached hydrogens (tertiary/aromatic N) is 2. The molecular weight excluding hydrogens is 238 g/mol. The van der Waals surface area contributed by atoms with Gasteiger partial charge in [-0.2, -0.15) is 0 Å². The maximum absolute atomic E-state index is 12.9. The van der Waals surface area contributed by atoms with Crippen LogP contribution in [-0.2, 0) is 4.79 Å². The van der Waals surface area contributed by atoms with E-state index in [9.17, 15) is 4.79 Å². The molecule has 2 rings (SSSR count).